The maximum Gasteiger partial charge on any atom is 0.231 e. The summed E-state index contributed by atoms with van der Waals surface area (Å²) in [5.41, 5.74) is 6.33. The van der Waals surface area contributed by atoms with Crippen LogP contribution in [0.15, 0.2) is 24.5 Å². The molecule has 2 amide bonds. The van der Waals surface area contributed by atoms with Crippen molar-refractivity contribution in [2.75, 3.05) is 26.2 Å². The number of rotatable bonds is 6. The van der Waals surface area contributed by atoms with Crippen LogP contribution in [0.25, 0.3) is 0 Å². The first-order valence-electron chi connectivity index (χ1n) is 7.78. The molecule has 0 bridgehead atoms. The van der Waals surface area contributed by atoms with Crippen molar-refractivity contribution in [2.24, 2.45) is 11.7 Å². The van der Waals surface area contributed by atoms with Gasteiger partial charge in [0.05, 0.1) is 12.5 Å². The number of aromatic nitrogens is 1. The standard InChI is InChI=1S/C16H24N4O2/c1-2-20(10-13-5-7-18-8-6-13)16(22)14-4-3-9-19(11-14)12-15(17)21/h5-8,14H,2-4,9-12H2,1H3,(H2,17,21). The number of nitrogens with two attached hydrogens (primary N) is 1. The molecule has 0 aliphatic carbocycles. The summed E-state index contributed by atoms with van der Waals surface area (Å²) in [4.78, 5) is 31.6. The first-order chi connectivity index (χ1) is 10.6. The maximum absolute atomic E-state index is 12.7. The van der Waals surface area contributed by atoms with E-state index in [1.807, 2.05) is 28.9 Å². The Hall–Kier alpha value is -1.95. The van der Waals surface area contributed by atoms with Crippen molar-refractivity contribution in [3.05, 3.63) is 30.1 Å². The maximum atomic E-state index is 12.7. The molecule has 2 rings (SSSR count). The Morgan fingerprint density at radius 3 is 2.77 bits per heavy atom. The number of pyridine rings is 1. The monoisotopic (exact) mass is 304 g/mol. The highest BCUT2D eigenvalue weighted by Crippen LogP contribution is 2.19. The van der Waals surface area contributed by atoms with E-state index in [1.54, 1.807) is 12.4 Å². The summed E-state index contributed by atoms with van der Waals surface area (Å²) in [7, 11) is 0. The average molecular weight is 304 g/mol. The van der Waals surface area contributed by atoms with Crippen LogP contribution in [0.4, 0.5) is 0 Å². The van der Waals surface area contributed by atoms with Crippen molar-refractivity contribution in [1.82, 2.24) is 14.8 Å². The molecule has 1 aliphatic heterocycles. The quantitative estimate of drug-likeness (QED) is 0.836. The third kappa shape index (κ3) is 4.53. The molecule has 6 nitrogen and oxygen atoms in total. The first kappa shape index (κ1) is 16.4. The van der Waals surface area contributed by atoms with Crippen LogP contribution in [0.1, 0.15) is 25.3 Å². The van der Waals surface area contributed by atoms with E-state index in [-0.39, 0.29) is 24.3 Å². The highest BCUT2D eigenvalue weighted by atomic mass is 16.2. The minimum Gasteiger partial charge on any atom is -0.369 e. The van der Waals surface area contributed by atoms with E-state index < -0.39 is 0 Å². The number of likely N-dealkylation sites (tertiary alicyclic amines) is 1. The summed E-state index contributed by atoms with van der Waals surface area (Å²) >= 11 is 0. The topological polar surface area (TPSA) is 79.5 Å². The second-order valence-corrected chi connectivity index (χ2v) is 5.75. The van der Waals surface area contributed by atoms with E-state index >= 15 is 0 Å². The van der Waals surface area contributed by atoms with Gasteiger partial charge in [0, 0.05) is 32.0 Å². The summed E-state index contributed by atoms with van der Waals surface area (Å²) in [6.07, 6.45) is 5.28. The average Bonchev–Trinajstić information content (AvgIpc) is 2.52. The van der Waals surface area contributed by atoms with Gasteiger partial charge in [0.2, 0.25) is 11.8 Å². The van der Waals surface area contributed by atoms with E-state index in [4.69, 9.17) is 5.73 Å². The van der Waals surface area contributed by atoms with E-state index in [0.717, 1.165) is 24.9 Å². The molecule has 1 atom stereocenters. The Bertz CT molecular complexity index is 506. The zero-order chi connectivity index (χ0) is 15.9. The molecule has 1 unspecified atom stereocenters. The Balaban J connectivity index is 1.97. The molecule has 1 saturated heterocycles. The summed E-state index contributed by atoms with van der Waals surface area (Å²) in [6, 6.07) is 3.85. The summed E-state index contributed by atoms with van der Waals surface area (Å²) < 4.78 is 0. The number of piperidine rings is 1. The number of carbonyl (C=O) groups excluding carboxylic acids is 2. The van der Waals surface area contributed by atoms with Crippen molar-refractivity contribution in [3.63, 3.8) is 0 Å². The number of nitrogens with zero attached hydrogens (tertiary/aromatic N) is 3. The molecule has 1 aromatic rings. The minimum absolute atomic E-state index is 0.0464. The van der Waals surface area contributed by atoms with Crippen LogP contribution in [0.2, 0.25) is 0 Å². The lowest BCUT2D eigenvalue weighted by Gasteiger charge is -2.34. The normalized spacial score (nSPS) is 18.9. The van der Waals surface area contributed by atoms with Gasteiger partial charge in [-0.1, -0.05) is 0 Å². The third-order valence-corrected chi connectivity index (χ3v) is 4.05. The second-order valence-electron chi connectivity index (χ2n) is 5.75. The number of hydrogen-bond acceptors (Lipinski definition) is 4. The lowest BCUT2D eigenvalue weighted by atomic mass is 9.96. The number of amides is 2. The molecule has 2 N–H and O–H groups in total. The fourth-order valence-corrected chi connectivity index (χ4v) is 2.93. The molecule has 2 heterocycles. The smallest absolute Gasteiger partial charge is 0.231 e. The largest absolute Gasteiger partial charge is 0.369 e. The summed E-state index contributed by atoms with van der Waals surface area (Å²) in [5.74, 6) is -0.222. The minimum atomic E-state index is -0.336. The number of carbonyl (C=O) groups is 2. The van der Waals surface area contributed by atoms with Gasteiger partial charge in [-0.3, -0.25) is 19.5 Å². The van der Waals surface area contributed by atoms with Crippen LogP contribution in [0, 0.1) is 5.92 Å². The molecule has 1 fully saturated rings. The van der Waals surface area contributed by atoms with E-state index in [0.29, 0.717) is 19.6 Å². The second kappa shape index (κ2) is 7.89. The van der Waals surface area contributed by atoms with Gasteiger partial charge in [-0.2, -0.15) is 0 Å². The highest BCUT2D eigenvalue weighted by Gasteiger charge is 2.29. The van der Waals surface area contributed by atoms with Crippen molar-refractivity contribution in [2.45, 2.75) is 26.3 Å². The van der Waals surface area contributed by atoms with Crippen molar-refractivity contribution < 1.29 is 9.59 Å². The van der Waals surface area contributed by atoms with Crippen molar-refractivity contribution in [3.8, 4) is 0 Å². The highest BCUT2D eigenvalue weighted by molar-refractivity contribution is 5.79. The Kier molecular flexibility index (Phi) is 5.89. The molecule has 22 heavy (non-hydrogen) atoms. The summed E-state index contributed by atoms with van der Waals surface area (Å²) in [5, 5.41) is 0. The van der Waals surface area contributed by atoms with Crippen molar-refractivity contribution in [1.29, 1.82) is 0 Å². The van der Waals surface area contributed by atoms with E-state index in [1.165, 1.54) is 0 Å². The van der Waals surface area contributed by atoms with E-state index in [2.05, 4.69) is 4.98 Å². The molecule has 0 radical (unpaired) electrons. The van der Waals surface area contributed by atoms with Gasteiger partial charge in [0.1, 0.15) is 0 Å². The van der Waals surface area contributed by atoms with Gasteiger partial charge in [0.25, 0.3) is 0 Å². The van der Waals surface area contributed by atoms with Crippen LogP contribution in [-0.2, 0) is 16.1 Å². The fraction of sp³-hybridized carbons (Fsp3) is 0.562. The molecule has 6 heteroatoms. The fourth-order valence-electron chi connectivity index (χ4n) is 2.93. The number of hydrogen-bond donors (Lipinski definition) is 1. The predicted molar refractivity (Wildman–Crippen MR) is 83.7 cm³/mol. The number of primary amides is 1. The molecular formula is C16H24N4O2. The molecule has 0 spiro atoms. The molecule has 1 aromatic heterocycles. The van der Waals surface area contributed by atoms with Gasteiger partial charge in [-0.05, 0) is 44.0 Å². The van der Waals surface area contributed by atoms with E-state index in [9.17, 15) is 9.59 Å². The SMILES string of the molecule is CCN(Cc1ccncc1)C(=O)C1CCCN(CC(N)=O)C1. The molecular weight excluding hydrogens is 280 g/mol. The Morgan fingerprint density at radius 1 is 1.41 bits per heavy atom. The molecule has 1 aliphatic rings. The van der Waals surface area contributed by atoms with Gasteiger partial charge in [-0.15, -0.1) is 0 Å². The van der Waals surface area contributed by atoms with Crippen LogP contribution in [0.3, 0.4) is 0 Å². The molecule has 0 aromatic carbocycles. The molecule has 120 valence electrons. The zero-order valence-electron chi connectivity index (χ0n) is 13.1. The van der Waals surface area contributed by atoms with Gasteiger partial charge >= 0.3 is 0 Å². The van der Waals surface area contributed by atoms with Crippen LogP contribution < -0.4 is 5.73 Å². The lowest BCUT2D eigenvalue weighted by molar-refractivity contribution is -0.138. The summed E-state index contributed by atoms with van der Waals surface area (Å²) in [6.45, 7) is 4.96. The van der Waals surface area contributed by atoms with Crippen LogP contribution in [-0.4, -0.2) is 52.8 Å². The van der Waals surface area contributed by atoms with Gasteiger partial charge < -0.3 is 10.6 Å². The zero-order valence-corrected chi connectivity index (χ0v) is 13.1. The molecule has 0 saturated carbocycles. The Labute approximate surface area is 131 Å². The van der Waals surface area contributed by atoms with Gasteiger partial charge in [0.15, 0.2) is 0 Å². The third-order valence-electron chi connectivity index (χ3n) is 4.05. The van der Waals surface area contributed by atoms with Gasteiger partial charge in [-0.25, -0.2) is 0 Å². The first-order valence-corrected chi connectivity index (χ1v) is 7.78. The predicted octanol–water partition coefficient (Wildman–Crippen LogP) is 0.627. The lowest BCUT2D eigenvalue weighted by Crippen LogP contribution is -2.46. The van der Waals surface area contributed by atoms with Crippen LogP contribution >= 0.6 is 0 Å². The van der Waals surface area contributed by atoms with Crippen molar-refractivity contribution >= 4 is 11.8 Å². The Morgan fingerprint density at radius 2 is 2.14 bits per heavy atom. The van der Waals surface area contributed by atoms with Crippen LogP contribution in [0.5, 0.6) is 0 Å².